The summed E-state index contributed by atoms with van der Waals surface area (Å²) in [6, 6.07) is 17.6. The number of benzene rings is 3. The van der Waals surface area contributed by atoms with Gasteiger partial charge in [-0.25, -0.2) is 4.79 Å². The van der Waals surface area contributed by atoms with Gasteiger partial charge in [-0.15, -0.1) is 13.2 Å². The van der Waals surface area contributed by atoms with Crippen molar-refractivity contribution in [1.29, 1.82) is 0 Å². The molecular formula is C28H27F3N4O7. The van der Waals surface area contributed by atoms with E-state index in [9.17, 15) is 38.0 Å². The maximum Gasteiger partial charge on any atom is 0.573 e. The molecule has 3 aromatic carbocycles. The van der Waals surface area contributed by atoms with E-state index in [0.717, 1.165) is 17.0 Å². The van der Waals surface area contributed by atoms with Gasteiger partial charge in [0.1, 0.15) is 17.2 Å². The Morgan fingerprint density at radius 2 is 1.64 bits per heavy atom. The van der Waals surface area contributed by atoms with Crippen molar-refractivity contribution in [2.75, 3.05) is 36.0 Å². The smallest absolute Gasteiger partial charge is 0.481 e. The second-order valence-electron chi connectivity index (χ2n) is 9.38. The quantitative estimate of drug-likeness (QED) is 0.264. The molecule has 1 saturated heterocycles. The zero-order valence-electron chi connectivity index (χ0n) is 22.4. The summed E-state index contributed by atoms with van der Waals surface area (Å²) >= 11 is 0. The first kappa shape index (κ1) is 30.0. The molecule has 42 heavy (non-hydrogen) atoms. The number of nitrogens with zero attached hydrogens (tertiary/aromatic N) is 4. The highest BCUT2D eigenvalue weighted by molar-refractivity contribution is 5.99. The van der Waals surface area contributed by atoms with Gasteiger partial charge in [0, 0.05) is 37.9 Å². The van der Waals surface area contributed by atoms with Gasteiger partial charge in [0.05, 0.1) is 11.5 Å². The van der Waals surface area contributed by atoms with E-state index >= 15 is 0 Å². The molecule has 0 radical (unpaired) electrons. The largest absolute Gasteiger partial charge is 0.573 e. The third-order valence-electron chi connectivity index (χ3n) is 6.53. The van der Waals surface area contributed by atoms with Crippen LogP contribution in [0, 0.1) is 10.1 Å². The fraction of sp³-hybridized carbons (Fsp3) is 0.286. The SMILES string of the molecule is CC(Oc1ccccc1)C(=O)N(Cc1ccc(OC(F)(F)F)cc1)c1cc(N2CCN(C(=O)O)CC2)ccc1[N+](=O)[O-]. The Morgan fingerprint density at radius 3 is 2.21 bits per heavy atom. The molecule has 0 spiro atoms. The fourth-order valence-corrected chi connectivity index (χ4v) is 4.47. The van der Waals surface area contributed by atoms with Crippen molar-refractivity contribution in [2.45, 2.75) is 25.9 Å². The third-order valence-corrected chi connectivity index (χ3v) is 6.53. The first-order chi connectivity index (χ1) is 19.9. The lowest BCUT2D eigenvalue weighted by Crippen LogP contribution is -2.48. The number of carboxylic acid groups (broad SMARTS) is 1. The normalized spacial score (nSPS) is 14.2. The molecule has 1 heterocycles. The number of nitro groups is 1. The number of anilines is 2. The molecule has 222 valence electrons. The number of hydrogen-bond acceptors (Lipinski definition) is 7. The van der Waals surface area contributed by atoms with E-state index in [1.165, 1.54) is 42.2 Å². The Bertz CT molecular complexity index is 1410. The molecule has 0 aromatic heterocycles. The topological polar surface area (TPSA) is 126 Å². The van der Waals surface area contributed by atoms with Crippen LogP contribution >= 0.6 is 0 Å². The minimum absolute atomic E-state index is 0.0534. The molecule has 1 fully saturated rings. The van der Waals surface area contributed by atoms with Crippen LogP contribution < -0.4 is 19.3 Å². The van der Waals surface area contributed by atoms with Crippen LogP contribution in [0.4, 0.5) is 35.0 Å². The van der Waals surface area contributed by atoms with Gasteiger partial charge < -0.3 is 24.4 Å². The van der Waals surface area contributed by atoms with E-state index in [2.05, 4.69) is 4.74 Å². The second kappa shape index (κ2) is 12.7. The molecule has 0 bridgehead atoms. The van der Waals surface area contributed by atoms with Crippen LogP contribution in [0.2, 0.25) is 0 Å². The summed E-state index contributed by atoms with van der Waals surface area (Å²) in [7, 11) is 0. The van der Waals surface area contributed by atoms with Gasteiger partial charge in [0.2, 0.25) is 0 Å². The van der Waals surface area contributed by atoms with E-state index in [1.807, 2.05) is 4.90 Å². The van der Waals surface area contributed by atoms with Gasteiger partial charge in [0.25, 0.3) is 11.6 Å². The predicted octanol–water partition coefficient (Wildman–Crippen LogP) is 5.29. The van der Waals surface area contributed by atoms with Crippen molar-refractivity contribution in [2.24, 2.45) is 0 Å². The molecular weight excluding hydrogens is 561 g/mol. The Labute approximate surface area is 238 Å². The van der Waals surface area contributed by atoms with Crippen LogP contribution in [-0.2, 0) is 11.3 Å². The van der Waals surface area contributed by atoms with Crippen molar-refractivity contribution in [3.05, 3.63) is 88.5 Å². The van der Waals surface area contributed by atoms with Crippen LogP contribution in [0.1, 0.15) is 12.5 Å². The van der Waals surface area contributed by atoms with Crippen LogP contribution in [-0.4, -0.2) is 65.6 Å². The molecule has 3 aromatic rings. The average molecular weight is 589 g/mol. The minimum atomic E-state index is -4.88. The third kappa shape index (κ3) is 7.59. The molecule has 1 aliphatic rings. The first-order valence-corrected chi connectivity index (χ1v) is 12.8. The van der Waals surface area contributed by atoms with Gasteiger partial charge >= 0.3 is 12.5 Å². The molecule has 1 aliphatic heterocycles. The highest BCUT2D eigenvalue weighted by Gasteiger charge is 2.32. The molecule has 1 unspecified atom stereocenters. The number of hydrogen-bond donors (Lipinski definition) is 1. The Morgan fingerprint density at radius 1 is 1.00 bits per heavy atom. The Kier molecular flexibility index (Phi) is 9.03. The summed E-state index contributed by atoms with van der Waals surface area (Å²) < 4.78 is 47.6. The van der Waals surface area contributed by atoms with Gasteiger partial charge in [-0.3, -0.25) is 19.8 Å². The zero-order chi connectivity index (χ0) is 30.4. The van der Waals surface area contributed by atoms with Gasteiger partial charge in [-0.05, 0) is 48.9 Å². The highest BCUT2D eigenvalue weighted by atomic mass is 19.4. The summed E-state index contributed by atoms with van der Waals surface area (Å²) in [6.07, 6.45) is -7.03. The zero-order valence-corrected chi connectivity index (χ0v) is 22.4. The van der Waals surface area contributed by atoms with E-state index in [1.54, 1.807) is 30.3 Å². The van der Waals surface area contributed by atoms with Crippen LogP contribution in [0.5, 0.6) is 11.5 Å². The number of ether oxygens (including phenoxy) is 2. The molecule has 11 nitrogen and oxygen atoms in total. The monoisotopic (exact) mass is 588 g/mol. The van der Waals surface area contributed by atoms with Crippen molar-refractivity contribution in [1.82, 2.24) is 4.90 Å². The lowest BCUT2D eigenvalue weighted by atomic mass is 10.1. The summed E-state index contributed by atoms with van der Waals surface area (Å²) in [5, 5.41) is 21.3. The maximum absolute atomic E-state index is 13.8. The molecule has 0 aliphatic carbocycles. The van der Waals surface area contributed by atoms with Gasteiger partial charge in [0.15, 0.2) is 6.10 Å². The van der Waals surface area contributed by atoms with Crippen LogP contribution in [0.15, 0.2) is 72.8 Å². The Hall–Kier alpha value is -5.01. The van der Waals surface area contributed by atoms with Crippen molar-refractivity contribution < 1.29 is 42.3 Å². The number of nitro benzene ring substituents is 1. The number of halogens is 3. The molecule has 2 amide bonds. The molecule has 0 saturated carbocycles. The van der Waals surface area contributed by atoms with Crippen molar-refractivity contribution in [3.8, 4) is 11.5 Å². The van der Waals surface area contributed by atoms with Crippen molar-refractivity contribution in [3.63, 3.8) is 0 Å². The fourth-order valence-electron chi connectivity index (χ4n) is 4.47. The lowest BCUT2D eigenvalue weighted by molar-refractivity contribution is -0.384. The summed E-state index contributed by atoms with van der Waals surface area (Å²) in [5.74, 6) is -0.699. The van der Waals surface area contributed by atoms with Gasteiger partial charge in [-0.2, -0.15) is 0 Å². The van der Waals surface area contributed by atoms with Crippen LogP contribution in [0.25, 0.3) is 0 Å². The number of para-hydroxylation sites is 1. The highest BCUT2D eigenvalue weighted by Crippen LogP contribution is 2.35. The number of carbonyl (C=O) groups excluding carboxylic acids is 1. The van der Waals surface area contributed by atoms with E-state index in [4.69, 9.17) is 4.74 Å². The summed E-state index contributed by atoms with van der Waals surface area (Å²) in [4.78, 5) is 40.8. The van der Waals surface area contributed by atoms with E-state index in [0.29, 0.717) is 30.1 Å². The molecule has 4 rings (SSSR count). The molecule has 14 heteroatoms. The second-order valence-corrected chi connectivity index (χ2v) is 9.38. The van der Waals surface area contributed by atoms with E-state index < -0.39 is 35.1 Å². The first-order valence-electron chi connectivity index (χ1n) is 12.8. The number of amides is 2. The number of piperazine rings is 1. The molecule has 1 N–H and O–H groups in total. The Balaban J connectivity index is 1.69. The minimum Gasteiger partial charge on any atom is -0.481 e. The number of alkyl halides is 3. The van der Waals surface area contributed by atoms with E-state index in [-0.39, 0.29) is 31.0 Å². The number of rotatable bonds is 9. The predicted molar refractivity (Wildman–Crippen MR) is 146 cm³/mol. The number of carbonyl (C=O) groups is 2. The standard InChI is InChI=1S/C28H27F3N4O7/c1-19(41-22-5-3-2-4-6-22)26(36)34(18-20-7-10-23(11-8-20)42-28(29,30)31)25-17-21(9-12-24(25)35(39)40)32-13-15-33(16-14-32)27(37)38/h2-12,17,19H,13-16,18H2,1H3,(H,37,38). The maximum atomic E-state index is 13.8. The van der Waals surface area contributed by atoms with Gasteiger partial charge in [-0.1, -0.05) is 30.3 Å². The summed E-state index contributed by atoms with van der Waals surface area (Å²) in [6.45, 7) is 2.35. The van der Waals surface area contributed by atoms with Crippen molar-refractivity contribution >= 4 is 29.1 Å². The average Bonchev–Trinajstić information content (AvgIpc) is 2.96. The molecule has 1 atom stereocenters. The van der Waals surface area contributed by atoms with Crippen LogP contribution in [0.3, 0.4) is 0 Å². The lowest BCUT2D eigenvalue weighted by Gasteiger charge is -2.35. The summed E-state index contributed by atoms with van der Waals surface area (Å²) in [5.41, 5.74) is 0.478.